The molecule has 0 bridgehead atoms. The predicted molar refractivity (Wildman–Crippen MR) is 110 cm³/mol. The van der Waals surface area contributed by atoms with Gasteiger partial charge in [-0.15, -0.1) is 0 Å². The third-order valence-electron chi connectivity index (χ3n) is 4.39. The maximum Gasteiger partial charge on any atom is 0.416 e. The van der Waals surface area contributed by atoms with Crippen LogP contribution < -0.4 is 9.75 Å². The van der Waals surface area contributed by atoms with E-state index in [4.69, 9.17) is 0 Å². The lowest BCUT2D eigenvalue weighted by molar-refractivity contribution is -0.137. The van der Waals surface area contributed by atoms with Crippen LogP contribution in [0.4, 0.5) is 27.6 Å². The van der Waals surface area contributed by atoms with Gasteiger partial charge in [0.2, 0.25) is 6.41 Å². The van der Waals surface area contributed by atoms with Crippen molar-refractivity contribution in [3.05, 3.63) is 95.6 Å². The van der Waals surface area contributed by atoms with Gasteiger partial charge in [-0.2, -0.15) is 27.1 Å². The van der Waals surface area contributed by atoms with Crippen LogP contribution in [0, 0.1) is 0 Å². The van der Waals surface area contributed by atoms with Gasteiger partial charge in [0.1, 0.15) is 5.75 Å². The molecule has 0 aliphatic heterocycles. The van der Waals surface area contributed by atoms with E-state index in [1.54, 1.807) is 30.3 Å². The van der Waals surface area contributed by atoms with E-state index in [9.17, 15) is 26.7 Å². The molecule has 0 unspecified atom stereocenters. The van der Waals surface area contributed by atoms with Gasteiger partial charge in [-0.05, 0) is 47.5 Å². The van der Waals surface area contributed by atoms with Crippen LogP contribution in [-0.4, -0.2) is 18.7 Å². The Morgan fingerprint density at radius 1 is 0.969 bits per heavy atom. The molecule has 0 aliphatic rings. The monoisotopic (exact) mass is 448 g/mol. The van der Waals surface area contributed by atoms with Crippen LogP contribution in [0.25, 0.3) is 0 Å². The van der Waals surface area contributed by atoms with Crippen molar-refractivity contribution in [2.45, 2.75) is 19.2 Å². The predicted octanol–water partition coefficient (Wildman–Crippen LogP) is 5.92. The first-order valence-electron chi connectivity index (χ1n) is 9.34. The standard InChI is InChI=1S/C23H17F5N2O2/c24-22(25)32-20-11-9-19(10-12-20)30(15-31)29-21(13-16-5-2-1-3-6-16)17-7-4-8-18(14-17)23(26,27)28/h1-12,14-15,22H,13H2. The van der Waals surface area contributed by atoms with Crippen molar-refractivity contribution < 1.29 is 31.5 Å². The number of halogens is 5. The van der Waals surface area contributed by atoms with Crippen LogP contribution in [0.2, 0.25) is 0 Å². The number of carbonyl (C=O) groups excluding carboxylic acids is 1. The minimum absolute atomic E-state index is 0.110. The van der Waals surface area contributed by atoms with Crippen molar-refractivity contribution in [1.29, 1.82) is 0 Å². The number of hydrogen-bond acceptors (Lipinski definition) is 3. The molecular weight excluding hydrogens is 431 g/mol. The topological polar surface area (TPSA) is 41.9 Å². The molecule has 32 heavy (non-hydrogen) atoms. The van der Waals surface area contributed by atoms with E-state index >= 15 is 0 Å². The number of benzene rings is 3. The highest BCUT2D eigenvalue weighted by Crippen LogP contribution is 2.30. The highest BCUT2D eigenvalue weighted by atomic mass is 19.4. The van der Waals surface area contributed by atoms with Crippen molar-refractivity contribution in [1.82, 2.24) is 0 Å². The van der Waals surface area contributed by atoms with Crippen molar-refractivity contribution in [3.8, 4) is 5.75 Å². The SMILES string of the molecule is O=CN(N=C(Cc1ccccc1)c1cccc(C(F)(F)F)c1)c1ccc(OC(F)F)cc1. The van der Waals surface area contributed by atoms with E-state index in [2.05, 4.69) is 9.84 Å². The lowest BCUT2D eigenvalue weighted by Crippen LogP contribution is -2.19. The average Bonchev–Trinajstić information content (AvgIpc) is 2.77. The van der Waals surface area contributed by atoms with Gasteiger partial charge in [0.15, 0.2) is 0 Å². The van der Waals surface area contributed by atoms with Crippen LogP contribution in [0.5, 0.6) is 5.75 Å². The molecule has 3 aromatic carbocycles. The quantitative estimate of drug-likeness (QED) is 0.186. The normalized spacial score (nSPS) is 12.0. The van der Waals surface area contributed by atoms with E-state index in [0.717, 1.165) is 22.7 Å². The summed E-state index contributed by atoms with van der Waals surface area (Å²) in [5.41, 5.74) is 0.548. The van der Waals surface area contributed by atoms with E-state index in [1.165, 1.54) is 36.4 Å². The number of anilines is 1. The summed E-state index contributed by atoms with van der Waals surface area (Å²) in [6.45, 7) is -3.00. The first-order valence-corrected chi connectivity index (χ1v) is 9.34. The number of nitrogens with zero attached hydrogens (tertiary/aromatic N) is 2. The summed E-state index contributed by atoms with van der Waals surface area (Å²) < 4.78 is 68.6. The smallest absolute Gasteiger partial charge is 0.416 e. The molecule has 0 saturated carbocycles. The third kappa shape index (κ3) is 6.13. The van der Waals surface area contributed by atoms with Gasteiger partial charge in [-0.25, -0.2) is 5.01 Å². The number of hydrazone groups is 1. The number of hydrogen-bond donors (Lipinski definition) is 0. The zero-order valence-corrected chi connectivity index (χ0v) is 16.5. The van der Waals surface area contributed by atoms with Crippen molar-refractivity contribution in [2.75, 3.05) is 5.01 Å². The first-order chi connectivity index (χ1) is 15.3. The van der Waals surface area contributed by atoms with Crippen molar-refractivity contribution in [3.63, 3.8) is 0 Å². The lowest BCUT2D eigenvalue weighted by atomic mass is 10.0. The van der Waals surface area contributed by atoms with Crippen LogP contribution in [0.15, 0.2) is 84.0 Å². The second-order valence-electron chi connectivity index (χ2n) is 6.61. The second kappa shape index (κ2) is 10.0. The van der Waals surface area contributed by atoms with E-state index in [0.29, 0.717) is 6.41 Å². The van der Waals surface area contributed by atoms with Crippen LogP contribution in [0.1, 0.15) is 16.7 Å². The summed E-state index contributed by atoms with van der Waals surface area (Å²) in [7, 11) is 0. The molecule has 0 heterocycles. The fraction of sp³-hybridized carbons (Fsp3) is 0.130. The number of carbonyl (C=O) groups is 1. The Balaban J connectivity index is 2.00. The molecule has 4 nitrogen and oxygen atoms in total. The van der Waals surface area contributed by atoms with Crippen molar-refractivity contribution in [2.24, 2.45) is 5.10 Å². The highest BCUT2D eigenvalue weighted by Gasteiger charge is 2.30. The Hall–Kier alpha value is -3.75. The second-order valence-corrected chi connectivity index (χ2v) is 6.61. The van der Waals surface area contributed by atoms with Crippen LogP contribution in [0.3, 0.4) is 0 Å². The number of alkyl halides is 5. The maximum absolute atomic E-state index is 13.2. The zero-order chi connectivity index (χ0) is 23.1. The van der Waals surface area contributed by atoms with Crippen LogP contribution in [-0.2, 0) is 17.4 Å². The highest BCUT2D eigenvalue weighted by molar-refractivity contribution is 6.03. The molecular formula is C23H17F5N2O2. The summed E-state index contributed by atoms with van der Waals surface area (Å²) >= 11 is 0. The Kier molecular flexibility index (Phi) is 7.19. The largest absolute Gasteiger partial charge is 0.435 e. The molecule has 1 amide bonds. The summed E-state index contributed by atoms with van der Waals surface area (Å²) in [5, 5.41) is 5.19. The van der Waals surface area contributed by atoms with Gasteiger partial charge < -0.3 is 4.74 Å². The molecule has 3 aromatic rings. The first kappa shape index (κ1) is 22.9. The molecule has 0 fully saturated rings. The summed E-state index contributed by atoms with van der Waals surface area (Å²) in [4.78, 5) is 11.7. The number of rotatable bonds is 8. The third-order valence-corrected chi connectivity index (χ3v) is 4.39. The Morgan fingerprint density at radius 3 is 2.25 bits per heavy atom. The average molecular weight is 448 g/mol. The van der Waals surface area contributed by atoms with Gasteiger partial charge in [0.25, 0.3) is 0 Å². The van der Waals surface area contributed by atoms with Gasteiger partial charge in [-0.3, -0.25) is 4.79 Å². The Labute approximate surface area is 180 Å². The van der Waals surface area contributed by atoms with E-state index < -0.39 is 18.4 Å². The molecule has 0 spiro atoms. The van der Waals surface area contributed by atoms with E-state index in [-0.39, 0.29) is 29.1 Å². The van der Waals surface area contributed by atoms with Gasteiger partial charge >= 0.3 is 12.8 Å². The molecule has 0 saturated heterocycles. The maximum atomic E-state index is 13.2. The molecule has 3 rings (SSSR count). The minimum atomic E-state index is -4.54. The summed E-state index contributed by atoms with van der Waals surface area (Å²) in [6.07, 6.45) is -4.01. The molecule has 0 atom stereocenters. The van der Waals surface area contributed by atoms with Crippen LogP contribution >= 0.6 is 0 Å². The molecule has 166 valence electrons. The number of ether oxygens (including phenoxy) is 1. The fourth-order valence-electron chi connectivity index (χ4n) is 2.91. The molecule has 0 radical (unpaired) electrons. The van der Waals surface area contributed by atoms with Crippen molar-refractivity contribution >= 4 is 17.8 Å². The lowest BCUT2D eigenvalue weighted by Gasteiger charge is -2.16. The fourth-order valence-corrected chi connectivity index (χ4v) is 2.91. The molecule has 0 aromatic heterocycles. The Morgan fingerprint density at radius 2 is 1.66 bits per heavy atom. The van der Waals surface area contributed by atoms with Gasteiger partial charge in [0, 0.05) is 6.42 Å². The minimum Gasteiger partial charge on any atom is -0.435 e. The zero-order valence-electron chi connectivity index (χ0n) is 16.5. The van der Waals surface area contributed by atoms with E-state index in [1.807, 2.05) is 0 Å². The summed E-state index contributed by atoms with van der Waals surface area (Å²) in [6, 6.07) is 18.7. The summed E-state index contributed by atoms with van der Waals surface area (Å²) in [5.74, 6) is -0.110. The number of amides is 1. The molecule has 9 heteroatoms. The van der Waals surface area contributed by atoms with Gasteiger partial charge in [0.05, 0.1) is 17.0 Å². The molecule has 0 aliphatic carbocycles. The molecule has 0 N–H and O–H groups in total. The Bertz CT molecular complexity index is 1070. The van der Waals surface area contributed by atoms with Gasteiger partial charge in [-0.1, -0.05) is 42.5 Å².